The molecule has 0 radical (unpaired) electrons. The van der Waals surface area contributed by atoms with Crippen LogP contribution in [0.5, 0.6) is 0 Å². The molecule has 4 aromatic rings. The van der Waals surface area contributed by atoms with Gasteiger partial charge in [-0.25, -0.2) is 14.8 Å². The Bertz CT molecular complexity index is 1340. The Kier molecular flexibility index (Phi) is 6.78. The molecule has 1 saturated heterocycles. The van der Waals surface area contributed by atoms with Gasteiger partial charge in [0, 0.05) is 47.4 Å². The van der Waals surface area contributed by atoms with Crippen molar-refractivity contribution in [3.8, 4) is 0 Å². The Morgan fingerprint density at radius 1 is 0.886 bits per heavy atom. The summed E-state index contributed by atoms with van der Waals surface area (Å²) in [5, 5.41) is 10.2. The van der Waals surface area contributed by atoms with Gasteiger partial charge in [-0.1, -0.05) is 40.2 Å². The number of carbonyl (C=O) groups excluding carboxylic acids is 1. The maximum atomic E-state index is 12.9. The summed E-state index contributed by atoms with van der Waals surface area (Å²) >= 11 is 3.51. The van der Waals surface area contributed by atoms with Gasteiger partial charge in [0.1, 0.15) is 12.1 Å². The highest BCUT2D eigenvalue weighted by Crippen LogP contribution is 2.35. The van der Waals surface area contributed by atoms with E-state index in [2.05, 4.69) is 58.7 Å². The molecule has 2 heterocycles. The van der Waals surface area contributed by atoms with E-state index in [0.717, 1.165) is 58.6 Å². The van der Waals surface area contributed by atoms with Gasteiger partial charge in [-0.05, 0) is 49.5 Å². The predicted molar refractivity (Wildman–Crippen MR) is 146 cm³/mol. The maximum Gasteiger partial charge on any atom is 0.323 e. The van der Waals surface area contributed by atoms with Gasteiger partial charge in [0.2, 0.25) is 0 Å². The van der Waals surface area contributed by atoms with E-state index < -0.39 is 0 Å². The minimum atomic E-state index is -0.302. The highest BCUT2D eigenvalue weighted by molar-refractivity contribution is 9.10. The molecule has 0 bridgehead atoms. The number of para-hydroxylation sites is 1. The van der Waals surface area contributed by atoms with Crippen molar-refractivity contribution in [3.05, 3.63) is 77.5 Å². The summed E-state index contributed by atoms with van der Waals surface area (Å²) in [5.74, 6) is 0.671. The first-order valence-corrected chi connectivity index (χ1v) is 12.2. The standard InChI is InChI=1S/C26H26BrN7O/c1-33-10-12-34(13-11-33)24-16-22-21(15-23(24)32-26(35)31-19-7-3-2-4-8-19)25(29-17-28-22)30-20-9-5-6-18(27)14-20/h2-9,14-17H,10-13H2,1H3,(H,28,29,30)(H2,31,32,35). The molecular formula is C26H26BrN7O. The monoisotopic (exact) mass is 531 g/mol. The zero-order valence-electron chi connectivity index (χ0n) is 19.3. The third-order valence-corrected chi connectivity index (χ3v) is 6.46. The maximum absolute atomic E-state index is 12.9. The van der Waals surface area contributed by atoms with Crippen LogP contribution in [0.3, 0.4) is 0 Å². The first kappa shape index (κ1) is 23.1. The van der Waals surface area contributed by atoms with Crippen molar-refractivity contribution in [2.24, 2.45) is 0 Å². The largest absolute Gasteiger partial charge is 0.367 e. The Labute approximate surface area is 212 Å². The van der Waals surface area contributed by atoms with Gasteiger partial charge in [-0.15, -0.1) is 0 Å². The molecule has 3 aromatic carbocycles. The summed E-state index contributed by atoms with van der Waals surface area (Å²) in [4.78, 5) is 26.5. The molecule has 0 saturated carbocycles. The van der Waals surface area contributed by atoms with Crippen LogP contribution >= 0.6 is 15.9 Å². The number of hydrogen-bond acceptors (Lipinski definition) is 6. The Balaban J connectivity index is 1.51. The number of nitrogens with one attached hydrogen (secondary N) is 3. The number of likely N-dealkylation sites (N-methyl/N-ethyl adjacent to an activating group) is 1. The van der Waals surface area contributed by atoms with Gasteiger partial charge in [0.05, 0.1) is 16.9 Å². The van der Waals surface area contributed by atoms with Crippen molar-refractivity contribution in [2.75, 3.05) is 54.1 Å². The Morgan fingerprint density at radius 3 is 2.43 bits per heavy atom. The molecule has 9 heteroatoms. The van der Waals surface area contributed by atoms with Gasteiger partial charge in [0.25, 0.3) is 0 Å². The number of halogens is 1. The molecule has 0 spiro atoms. The SMILES string of the molecule is CN1CCN(c2cc3ncnc(Nc4cccc(Br)c4)c3cc2NC(=O)Nc2ccccc2)CC1. The summed E-state index contributed by atoms with van der Waals surface area (Å²) in [6.07, 6.45) is 1.56. The van der Waals surface area contributed by atoms with Crippen LogP contribution in [0.2, 0.25) is 0 Å². The van der Waals surface area contributed by atoms with E-state index in [1.165, 1.54) is 0 Å². The van der Waals surface area contributed by atoms with Crippen molar-refractivity contribution >= 4 is 61.4 Å². The lowest BCUT2D eigenvalue weighted by Crippen LogP contribution is -2.44. The fourth-order valence-electron chi connectivity index (χ4n) is 4.11. The average molecular weight is 532 g/mol. The molecule has 5 rings (SSSR count). The fourth-order valence-corrected chi connectivity index (χ4v) is 4.51. The van der Waals surface area contributed by atoms with Crippen LogP contribution in [0.4, 0.5) is 33.4 Å². The molecule has 1 aliphatic heterocycles. The van der Waals surface area contributed by atoms with E-state index >= 15 is 0 Å². The van der Waals surface area contributed by atoms with Crippen LogP contribution in [-0.2, 0) is 0 Å². The third kappa shape index (κ3) is 5.52. The number of amides is 2. The van der Waals surface area contributed by atoms with E-state index in [-0.39, 0.29) is 6.03 Å². The number of nitrogens with zero attached hydrogens (tertiary/aromatic N) is 4. The number of aromatic nitrogens is 2. The first-order valence-electron chi connectivity index (χ1n) is 11.4. The van der Waals surface area contributed by atoms with Gasteiger partial charge in [-0.2, -0.15) is 0 Å². The van der Waals surface area contributed by atoms with E-state index in [0.29, 0.717) is 11.5 Å². The number of hydrogen-bond donors (Lipinski definition) is 3. The van der Waals surface area contributed by atoms with Crippen molar-refractivity contribution in [1.29, 1.82) is 0 Å². The number of anilines is 5. The minimum absolute atomic E-state index is 0.302. The fraction of sp³-hybridized carbons (Fsp3) is 0.192. The van der Waals surface area contributed by atoms with Gasteiger partial charge in [-0.3, -0.25) is 0 Å². The molecular weight excluding hydrogens is 506 g/mol. The second-order valence-electron chi connectivity index (χ2n) is 8.48. The van der Waals surface area contributed by atoms with Crippen LogP contribution in [-0.4, -0.2) is 54.1 Å². The third-order valence-electron chi connectivity index (χ3n) is 5.96. The number of urea groups is 1. The highest BCUT2D eigenvalue weighted by atomic mass is 79.9. The number of benzene rings is 3. The first-order chi connectivity index (χ1) is 17.0. The summed E-state index contributed by atoms with van der Waals surface area (Å²) < 4.78 is 0.971. The van der Waals surface area contributed by atoms with Crippen LogP contribution in [0.15, 0.2) is 77.5 Å². The zero-order chi connectivity index (χ0) is 24.2. The number of carbonyl (C=O) groups is 1. The molecule has 2 amide bonds. The average Bonchev–Trinajstić information content (AvgIpc) is 2.85. The van der Waals surface area contributed by atoms with Gasteiger partial charge < -0.3 is 25.8 Å². The zero-order valence-corrected chi connectivity index (χ0v) is 20.9. The topological polar surface area (TPSA) is 85.4 Å². The second-order valence-corrected chi connectivity index (χ2v) is 9.40. The molecule has 1 aliphatic rings. The number of rotatable bonds is 5. The Morgan fingerprint density at radius 2 is 1.66 bits per heavy atom. The van der Waals surface area contributed by atoms with E-state index in [1.807, 2.05) is 66.7 Å². The van der Waals surface area contributed by atoms with E-state index in [1.54, 1.807) is 6.33 Å². The van der Waals surface area contributed by atoms with Crippen LogP contribution in [0.1, 0.15) is 0 Å². The Hall–Kier alpha value is -3.69. The van der Waals surface area contributed by atoms with Crippen molar-refractivity contribution < 1.29 is 4.79 Å². The van der Waals surface area contributed by atoms with Crippen molar-refractivity contribution in [2.45, 2.75) is 0 Å². The normalized spacial score (nSPS) is 14.1. The van der Waals surface area contributed by atoms with Gasteiger partial charge in [0.15, 0.2) is 0 Å². The summed E-state index contributed by atoms with van der Waals surface area (Å²) in [6.45, 7) is 3.64. The molecule has 178 valence electrons. The molecule has 0 aliphatic carbocycles. The molecule has 0 atom stereocenters. The van der Waals surface area contributed by atoms with Crippen molar-refractivity contribution in [3.63, 3.8) is 0 Å². The lowest BCUT2D eigenvalue weighted by atomic mass is 10.1. The summed E-state index contributed by atoms with van der Waals surface area (Å²) in [7, 11) is 2.12. The number of piperazine rings is 1. The quantitative estimate of drug-likeness (QED) is 0.314. The van der Waals surface area contributed by atoms with Gasteiger partial charge >= 0.3 is 6.03 Å². The number of fused-ring (bicyclic) bond motifs is 1. The lowest BCUT2D eigenvalue weighted by molar-refractivity contribution is 0.262. The van der Waals surface area contributed by atoms with E-state index in [4.69, 9.17) is 0 Å². The smallest absolute Gasteiger partial charge is 0.323 e. The molecule has 1 fully saturated rings. The minimum Gasteiger partial charge on any atom is -0.367 e. The van der Waals surface area contributed by atoms with Crippen molar-refractivity contribution in [1.82, 2.24) is 14.9 Å². The van der Waals surface area contributed by atoms with Crippen LogP contribution in [0.25, 0.3) is 10.9 Å². The summed E-state index contributed by atoms with van der Waals surface area (Å²) in [6, 6.07) is 21.0. The van der Waals surface area contributed by atoms with E-state index in [9.17, 15) is 4.79 Å². The second kappa shape index (κ2) is 10.3. The summed E-state index contributed by atoms with van der Waals surface area (Å²) in [5.41, 5.74) is 4.09. The molecule has 0 unspecified atom stereocenters. The molecule has 1 aromatic heterocycles. The predicted octanol–water partition coefficient (Wildman–Crippen LogP) is 5.53. The van der Waals surface area contributed by atoms with Crippen LogP contribution in [0, 0.1) is 0 Å². The molecule has 35 heavy (non-hydrogen) atoms. The molecule has 8 nitrogen and oxygen atoms in total. The van der Waals surface area contributed by atoms with Crippen LogP contribution < -0.4 is 20.9 Å². The highest BCUT2D eigenvalue weighted by Gasteiger charge is 2.20. The lowest BCUT2D eigenvalue weighted by Gasteiger charge is -2.35. The molecule has 3 N–H and O–H groups in total.